The van der Waals surface area contributed by atoms with E-state index in [9.17, 15) is 0 Å². The number of para-hydroxylation sites is 1. The maximum atomic E-state index is 6.43. The molecule has 2 heteroatoms. The first-order valence-corrected chi connectivity index (χ1v) is 21.4. The first-order chi connectivity index (χ1) is 29.8. The molecule has 0 atom stereocenters. The topological polar surface area (TPSA) is 13.1 Å². The van der Waals surface area contributed by atoms with Gasteiger partial charge in [-0.2, -0.15) is 0 Å². The smallest absolute Gasteiger partial charge is 0.136 e. The fourth-order valence-corrected chi connectivity index (χ4v) is 11.3. The van der Waals surface area contributed by atoms with Crippen LogP contribution in [0.5, 0.6) is 0 Å². The molecule has 0 aliphatic heterocycles. The maximum absolute atomic E-state index is 6.43. The molecule has 2 aromatic heterocycles. The minimum atomic E-state index is 0.909. The van der Waals surface area contributed by atoms with Gasteiger partial charge in [0.05, 0.1) is 0 Å². The second-order valence-corrected chi connectivity index (χ2v) is 16.9. The van der Waals surface area contributed by atoms with E-state index in [1.807, 2.05) is 17.4 Å². The van der Waals surface area contributed by atoms with Crippen LogP contribution in [0.1, 0.15) is 0 Å². The minimum Gasteiger partial charge on any atom is -0.456 e. The van der Waals surface area contributed by atoms with E-state index in [0.717, 1.165) is 27.5 Å². The summed E-state index contributed by atoms with van der Waals surface area (Å²) in [5, 5.41) is 14.9. The fourth-order valence-electron chi connectivity index (χ4n) is 10.2. The standard InChI is InChI=1S/C58H34OS/c1-2-15-35(16-3-1)54-40-18-4-6-20-42(40)55(43-21-7-5-19-41(43)54)36-30-32-52-49(33-36)58-48(26-14-28-53(58)60-52)57-46-24-10-8-22-44(46)56(45-23-9-11-25-47(45)57)37-29-31-39-38-17-12-13-27-50(38)59-51(39)34-37/h1-34H. The number of hydrogen-bond acceptors (Lipinski definition) is 2. The monoisotopic (exact) mass is 778 g/mol. The Morgan fingerprint density at radius 1 is 0.267 bits per heavy atom. The van der Waals surface area contributed by atoms with Crippen molar-refractivity contribution < 1.29 is 4.42 Å². The molecule has 13 rings (SSSR count). The van der Waals surface area contributed by atoms with E-state index in [1.165, 1.54) is 102 Å². The molecule has 2 heterocycles. The molecular formula is C58H34OS. The zero-order valence-electron chi connectivity index (χ0n) is 32.4. The van der Waals surface area contributed by atoms with Gasteiger partial charge in [0.1, 0.15) is 11.2 Å². The molecule has 0 aliphatic rings. The molecule has 0 amide bonds. The third-order valence-electron chi connectivity index (χ3n) is 12.6. The summed E-state index contributed by atoms with van der Waals surface area (Å²) < 4.78 is 9.01. The highest BCUT2D eigenvalue weighted by Gasteiger charge is 2.22. The highest BCUT2D eigenvalue weighted by atomic mass is 32.1. The van der Waals surface area contributed by atoms with Crippen molar-refractivity contribution in [2.45, 2.75) is 0 Å². The van der Waals surface area contributed by atoms with Gasteiger partial charge in [0.15, 0.2) is 0 Å². The predicted octanol–water partition coefficient (Wildman–Crippen LogP) is 17.2. The van der Waals surface area contributed by atoms with Crippen LogP contribution >= 0.6 is 11.3 Å². The highest BCUT2D eigenvalue weighted by molar-refractivity contribution is 7.26. The Hall–Kier alpha value is -7.52. The first-order valence-electron chi connectivity index (χ1n) is 20.6. The normalized spacial score (nSPS) is 12.0. The lowest BCUT2D eigenvalue weighted by molar-refractivity contribution is 0.669. The minimum absolute atomic E-state index is 0.909. The van der Waals surface area contributed by atoms with Crippen LogP contribution in [-0.2, 0) is 0 Å². The third kappa shape index (κ3) is 4.86. The van der Waals surface area contributed by atoms with E-state index in [1.54, 1.807) is 0 Å². The summed E-state index contributed by atoms with van der Waals surface area (Å²) in [6, 6.07) is 75.8. The Morgan fingerprint density at radius 2 is 0.733 bits per heavy atom. The van der Waals surface area contributed by atoms with Crippen LogP contribution in [-0.4, -0.2) is 0 Å². The van der Waals surface area contributed by atoms with Crippen molar-refractivity contribution in [1.29, 1.82) is 0 Å². The van der Waals surface area contributed by atoms with Gasteiger partial charge >= 0.3 is 0 Å². The van der Waals surface area contributed by atoms with Gasteiger partial charge in [0, 0.05) is 30.9 Å². The Kier molecular flexibility index (Phi) is 7.24. The second kappa shape index (κ2) is 13.0. The van der Waals surface area contributed by atoms with Crippen molar-refractivity contribution >= 4 is 96.5 Å². The number of benzene rings is 11. The lowest BCUT2D eigenvalue weighted by Gasteiger charge is -2.19. The number of furan rings is 1. The highest BCUT2D eigenvalue weighted by Crippen LogP contribution is 2.50. The van der Waals surface area contributed by atoms with E-state index in [4.69, 9.17) is 4.42 Å². The van der Waals surface area contributed by atoms with Crippen molar-refractivity contribution in [2.24, 2.45) is 0 Å². The second-order valence-electron chi connectivity index (χ2n) is 15.8. The lowest BCUT2D eigenvalue weighted by atomic mass is 9.84. The van der Waals surface area contributed by atoms with Crippen molar-refractivity contribution in [2.75, 3.05) is 0 Å². The van der Waals surface area contributed by atoms with E-state index in [0.29, 0.717) is 0 Å². The molecule has 0 fully saturated rings. The average molecular weight is 779 g/mol. The van der Waals surface area contributed by atoms with Crippen molar-refractivity contribution in [3.8, 4) is 44.5 Å². The molecule has 0 N–H and O–H groups in total. The molecular weight excluding hydrogens is 745 g/mol. The SMILES string of the molecule is c1ccc(-c2c3ccccc3c(-c3ccc4sc5cccc(-c6c7ccccc7c(-c7ccc8c(c7)oc7ccccc78)c7ccccc67)c5c4c3)c3ccccc23)cc1. The fraction of sp³-hybridized carbons (Fsp3) is 0. The van der Waals surface area contributed by atoms with E-state index in [2.05, 4.69) is 200 Å². The van der Waals surface area contributed by atoms with Gasteiger partial charge in [0.25, 0.3) is 0 Å². The van der Waals surface area contributed by atoms with Gasteiger partial charge in [-0.05, 0) is 124 Å². The summed E-state index contributed by atoms with van der Waals surface area (Å²) in [7, 11) is 0. The molecule has 0 radical (unpaired) electrons. The van der Waals surface area contributed by atoms with Crippen LogP contribution < -0.4 is 0 Å². The van der Waals surface area contributed by atoms with Gasteiger partial charge < -0.3 is 4.42 Å². The number of thiophene rings is 1. The summed E-state index contributed by atoms with van der Waals surface area (Å²) in [6.45, 7) is 0. The molecule has 0 saturated carbocycles. The lowest BCUT2D eigenvalue weighted by Crippen LogP contribution is -1.91. The van der Waals surface area contributed by atoms with E-state index >= 15 is 0 Å². The van der Waals surface area contributed by atoms with Crippen LogP contribution in [0.3, 0.4) is 0 Å². The Morgan fingerprint density at radius 3 is 1.33 bits per heavy atom. The van der Waals surface area contributed by atoms with Crippen LogP contribution in [0, 0.1) is 0 Å². The average Bonchev–Trinajstić information content (AvgIpc) is 3.88. The Labute approximate surface area is 350 Å². The van der Waals surface area contributed by atoms with Crippen LogP contribution in [0.15, 0.2) is 211 Å². The van der Waals surface area contributed by atoms with Crippen molar-refractivity contribution in [1.82, 2.24) is 0 Å². The molecule has 1 nitrogen and oxygen atoms in total. The van der Waals surface area contributed by atoms with Gasteiger partial charge in [-0.1, -0.05) is 170 Å². The Balaban J connectivity index is 1.08. The number of fused-ring (bicyclic) bond motifs is 10. The summed E-state index contributed by atoms with van der Waals surface area (Å²) in [4.78, 5) is 0. The first kappa shape index (κ1) is 33.5. The molecule has 0 aliphatic carbocycles. The van der Waals surface area contributed by atoms with Crippen molar-refractivity contribution in [3.63, 3.8) is 0 Å². The number of hydrogen-bond donors (Lipinski definition) is 0. The van der Waals surface area contributed by atoms with Gasteiger partial charge in [0.2, 0.25) is 0 Å². The summed E-state index contributed by atoms with van der Waals surface area (Å²) >= 11 is 1.88. The predicted molar refractivity (Wildman–Crippen MR) is 258 cm³/mol. The Bertz CT molecular complexity index is 3770. The van der Waals surface area contributed by atoms with Crippen LogP contribution in [0.2, 0.25) is 0 Å². The summed E-state index contributed by atoms with van der Waals surface area (Å²) in [5.74, 6) is 0. The molecule has 0 unspecified atom stereocenters. The zero-order valence-corrected chi connectivity index (χ0v) is 33.3. The van der Waals surface area contributed by atoms with Crippen LogP contribution in [0.4, 0.5) is 0 Å². The molecule has 13 aromatic rings. The zero-order chi connectivity index (χ0) is 39.3. The molecule has 60 heavy (non-hydrogen) atoms. The van der Waals surface area contributed by atoms with Gasteiger partial charge in [-0.25, -0.2) is 0 Å². The third-order valence-corrected chi connectivity index (χ3v) is 13.8. The molecule has 278 valence electrons. The van der Waals surface area contributed by atoms with E-state index < -0.39 is 0 Å². The van der Waals surface area contributed by atoms with Gasteiger partial charge in [-0.3, -0.25) is 0 Å². The molecule has 0 spiro atoms. The van der Waals surface area contributed by atoms with E-state index in [-0.39, 0.29) is 0 Å². The summed E-state index contributed by atoms with van der Waals surface area (Å²) in [6.07, 6.45) is 0. The molecule has 11 aromatic carbocycles. The molecule has 0 saturated heterocycles. The van der Waals surface area contributed by atoms with Crippen molar-refractivity contribution in [3.05, 3.63) is 206 Å². The summed E-state index contributed by atoms with van der Waals surface area (Å²) in [5.41, 5.74) is 11.8. The molecule has 0 bridgehead atoms. The van der Waals surface area contributed by atoms with Gasteiger partial charge in [-0.15, -0.1) is 11.3 Å². The largest absolute Gasteiger partial charge is 0.456 e. The van der Waals surface area contributed by atoms with Crippen LogP contribution in [0.25, 0.3) is 130 Å². The quantitative estimate of drug-likeness (QED) is 0.162. The number of rotatable bonds is 4. The maximum Gasteiger partial charge on any atom is 0.136 e.